The summed E-state index contributed by atoms with van der Waals surface area (Å²) >= 11 is 2.54. The van der Waals surface area contributed by atoms with E-state index >= 15 is 0 Å². The Kier molecular flexibility index (Phi) is 3.61. The zero-order valence-electron chi connectivity index (χ0n) is 7.36. The molecule has 0 aliphatic carbocycles. The van der Waals surface area contributed by atoms with Crippen molar-refractivity contribution in [3.8, 4) is 0 Å². The van der Waals surface area contributed by atoms with Gasteiger partial charge in [-0.05, 0) is 22.0 Å². The van der Waals surface area contributed by atoms with Crippen molar-refractivity contribution >= 4 is 22.2 Å². The molecular formula is C8H3BrF5NO. The van der Waals surface area contributed by atoms with E-state index in [1.165, 1.54) is 0 Å². The Hall–Kier alpha value is -1.05. The summed E-state index contributed by atoms with van der Waals surface area (Å²) in [5.41, 5.74) is -3.26. The Morgan fingerprint density at radius 1 is 1.38 bits per heavy atom. The van der Waals surface area contributed by atoms with Crippen molar-refractivity contribution < 1.29 is 26.7 Å². The lowest BCUT2D eigenvalue weighted by atomic mass is 10.1. The van der Waals surface area contributed by atoms with E-state index in [4.69, 9.17) is 0 Å². The van der Waals surface area contributed by atoms with E-state index in [1.807, 2.05) is 0 Å². The van der Waals surface area contributed by atoms with Gasteiger partial charge in [-0.1, -0.05) is 0 Å². The lowest BCUT2D eigenvalue weighted by molar-refractivity contribution is -0.138. The number of pyridine rings is 1. The minimum absolute atomic E-state index is 0.0881. The predicted molar refractivity (Wildman–Crippen MR) is 47.3 cm³/mol. The fraction of sp³-hybridized carbons (Fsp3) is 0.250. The molecular weight excluding hydrogens is 301 g/mol. The molecule has 0 aromatic carbocycles. The third kappa shape index (κ3) is 2.55. The average molecular weight is 304 g/mol. The van der Waals surface area contributed by atoms with Crippen LogP contribution in [0, 0.1) is 0 Å². The second-order valence-corrected chi connectivity index (χ2v) is 3.47. The smallest absolute Gasteiger partial charge is 0.298 e. The van der Waals surface area contributed by atoms with E-state index in [-0.39, 0.29) is 12.4 Å². The second kappa shape index (κ2) is 4.44. The van der Waals surface area contributed by atoms with E-state index in [1.54, 1.807) is 0 Å². The van der Waals surface area contributed by atoms with Crippen LogP contribution in [0.1, 0.15) is 28.0 Å². The first kappa shape index (κ1) is 13.0. The van der Waals surface area contributed by atoms with Gasteiger partial charge >= 0.3 is 6.18 Å². The van der Waals surface area contributed by atoms with Crippen LogP contribution in [-0.2, 0) is 6.18 Å². The van der Waals surface area contributed by atoms with Gasteiger partial charge in [0.15, 0.2) is 6.29 Å². The Morgan fingerprint density at radius 2 is 1.94 bits per heavy atom. The molecule has 0 atom stereocenters. The molecule has 16 heavy (non-hydrogen) atoms. The van der Waals surface area contributed by atoms with E-state index < -0.39 is 34.0 Å². The van der Waals surface area contributed by atoms with Gasteiger partial charge in [-0.2, -0.15) is 13.2 Å². The molecule has 0 saturated heterocycles. The summed E-state index contributed by atoms with van der Waals surface area (Å²) < 4.78 is 61.1. The quantitative estimate of drug-likeness (QED) is 0.474. The van der Waals surface area contributed by atoms with Gasteiger partial charge in [0.1, 0.15) is 10.3 Å². The molecule has 0 bridgehead atoms. The van der Waals surface area contributed by atoms with Crippen LogP contribution >= 0.6 is 15.9 Å². The topological polar surface area (TPSA) is 30.0 Å². The van der Waals surface area contributed by atoms with E-state index in [0.717, 1.165) is 0 Å². The predicted octanol–water partition coefficient (Wildman–Crippen LogP) is 3.61. The summed E-state index contributed by atoms with van der Waals surface area (Å²) in [5, 5.41) is 0. The van der Waals surface area contributed by atoms with Gasteiger partial charge < -0.3 is 0 Å². The zero-order chi connectivity index (χ0) is 12.5. The lowest BCUT2D eigenvalue weighted by Crippen LogP contribution is -2.12. The highest BCUT2D eigenvalue weighted by molar-refractivity contribution is 9.10. The normalized spacial score (nSPS) is 11.9. The molecule has 0 N–H and O–H groups in total. The van der Waals surface area contributed by atoms with E-state index in [2.05, 4.69) is 20.9 Å². The zero-order valence-corrected chi connectivity index (χ0v) is 8.94. The highest BCUT2D eigenvalue weighted by atomic mass is 79.9. The van der Waals surface area contributed by atoms with Crippen LogP contribution in [0.15, 0.2) is 10.7 Å². The van der Waals surface area contributed by atoms with Gasteiger partial charge in [0.2, 0.25) is 0 Å². The van der Waals surface area contributed by atoms with Crippen LogP contribution in [0.3, 0.4) is 0 Å². The average Bonchev–Trinajstić information content (AvgIpc) is 2.14. The number of alkyl halides is 5. The van der Waals surface area contributed by atoms with Crippen LogP contribution in [0.25, 0.3) is 0 Å². The van der Waals surface area contributed by atoms with Crippen molar-refractivity contribution in [2.45, 2.75) is 12.6 Å². The number of aldehydes is 1. The standard InChI is InChI=1S/C8H3BrF5NO/c9-6-3(2-16)4(8(12,13)14)1-5(15-6)7(10)11/h1-2,7H. The van der Waals surface area contributed by atoms with Gasteiger partial charge in [-0.3, -0.25) is 4.79 Å². The summed E-state index contributed by atoms with van der Waals surface area (Å²) in [6.45, 7) is 0. The van der Waals surface area contributed by atoms with Crippen molar-refractivity contribution in [1.82, 2.24) is 4.98 Å². The minimum atomic E-state index is -4.88. The van der Waals surface area contributed by atoms with Crippen molar-refractivity contribution in [2.75, 3.05) is 0 Å². The van der Waals surface area contributed by atoms with Crippen molar-refractivity contribution in [1.29, 1.82) is 0 Å². The molecule has 0 aliphatic rings. The van der Waals surface area contributed by atoms with Crippen molar-refractivity contribution in [3.63, 3.8) is 0 Å². The number of hydrogen-bond donors (Lipinski definition) is 0. The third-order valence-electron chi connectivity index (χ3n) is 1.68. The van der Waals surface area contributed by atoms with Gasteiger partial charge in [0.05, 0.1) is 11.1 Å². The van der Waals surface area contributed by atoms with Crippen LogP contribution in [0.5, 0.6) is 0 Å². The SMILES string of the molecule is O=Cc1c(C(F)(F)F)cc(C(F)F)nc1Br. The molecule has 0 radical (unpaired) electrons. The van der Waals surface area contributed by atoms with E-state index in [9.17, 15) is 26.7 Å². The lowest BCUT2D eigenvalue weighted by Gasteiger charge is -2.12. The maximum absolute atomic E-state index is 12.4. The second-order valence-electron chi connectivity index (χ2n) is 2.72. The van der Waals surface area contributed by atoms with Gasteiger partial charge in [0.25, 0.3) is 6.43 Å². The van der Waals surface area contributed by atoms with Crippen molar-refractivity contribution in [2.24, 2.45) is 0 Å². The third-order valence-corrected chi connectivity index (χ3v) is 2.28. The molecule has 1 aromatic heterocycles. The fourth-order valence-corrected chi connectivity index (χ4v) is 1.51. The molecule has 8 heteroatoms. The molecule has 1 rings (SSSR count). The Balaban J connectivity index is 3.49. The summed E-state index contributed by atoms with van der Waals surface area (Å²) in [6, 6.07) is 0.166. The molecule has 1 aromatic rings. The molecule has 0 aliphatic heterocycles. The number of hydrogen-bond acceptors (Lipinski definition) is 2. The highest BCUT2D eigenvalue weighted by Crippen LogP contribution is 2.35. The van der Waals surface area contributed by atoms with E-state index in [0.29, 0.717) is 0 Å². The summed E-state index contributed by atoms with van der Waals surface area (Å²) in [6.07, 6.45) is -8.11. The van der Waals surface area contributed by atoms with Crippen LogP contribution < -0.4 is 0 Å². The van der Waals surface area contributed by atoms with Crippen molar-refractivity contribution in [3.05, 3.63) is 27.5 Å². The Labute approximate surface area is 94.6 Å². The monoisotopic (exact) mass is 303 g/mol. The summed E-state index contributed by atoms with van der Waals surface area (Å²) in [7, 11) is 0. The number of carbonyl (C=O) groups excluding carboxylic acids is 1. The maximum atomic E-state index is 12.4. The summed E-state index contributed by atoms with van der Waals surface area (Å²) in [5.74, 6) is 0. The summed E-state index contributed by atoms with van der Waals surface area (Å²) in [4.78, 5) is 13.6. The molecule has 0 fully saturated rings. The maximum Gasteiger partial charge on any atom is 0.417 e. The Bertz CT molecular complexity index is 418. The number of nitrogens with zero attached hydrogens (tertiary/aromatic N) is 1. The van der Waals surface area contributed by atoms with Crippen LogP contribution in [0.2, 0.25) is 0 Å². The molecule has 88 valence electrons. The number of aromatic nitrogens is 1. The number of halogens is 6. The van der Waals surface area contributed by atoms with Crippen LogP contribution in [0.4, 0.5) is 22.0 Å². The molecule has 0 amide bonds. The molecule has 0 spiro atoms. The largest absolute Gasteiger partial charge is 0.417 e. The fourth-order valence-electron chi connectivity index (χ4n) is 1.00. The molecule has 1 heterocycles. The molecule has 0 unspecified atom stereocenters. The number of carbonyl (C=O) groups is 1. The Morgan fingerprint density at radius 3 is 2.31 bits per heavy atom. The first-order chi connectivity index (χ1) is 7.27. The van der Waals surface area contributed by atoms with Gasteiger partial charge in [-0.25, -0.2) is 13.8 Å². The minimum Gasteiger partial charge on any atom is -0.298 e. The first-order valence-corrected chi connectivity index (χ1v) is 4.57. The highest BCUT2D eigenvalue weighted by Gasteiger charge is 2.36. The molecule has 0 saturated carbocycles. The van der Waals surface area contributed by atoms with Gasteiger partial charge in [0, 0.05) is 0 Å². The first-order valence-electron chi connectivity index (χ1n) is 3.78. The molecule has 2 nitrogen and oxygen atoms in total. The van der Waals surface area contributed by atoms with Crippen LogP contribution in [-0.4, -0.2) is 11.3 Å². The van der Waals surface area contributed by atoms with Gasteiger partial charge in [-0.15, -0.1) is 0 Å². The number of rotatable bonds is 2.